The number of rotatable bonds is 6. The molecule has 2 rings (SSSR count). The third kappa shape index (κ3) is 4.19. The van der Waals surface area contributed by atoms with Crippen LogP contribution in [0.5, 0.6) is 11.5 Å². The molecule has 132 valence electrons. The molecule has 1 heterocycles. The second kappa shape index (κ2) is 10.2. The molecular formula is C17H28O5S. The fraction of sp³-hybridized carbons (Fsp3) is 0.529. The van der Waals surface area contributed by atoms with E-state index in [1.165, 1.54) is 0 Å². The number of fused-ring (bicyclic) bond motifs is 1. The van der Waals surface area contributed by atoms with Gasteiger partial charge in [0.2, 0.25) is 0 Å². The third-order valence-corrected chi connectivity index (χ3v) is 3.36. The summed E-state index contributed by atoms with van der Waals surface area (Å²) in [6.07, 6.45) is 1.73. The molecule has 0 atom stereocenters. The molecule has 0 aliphatic carbocycles. The smallest absolute Gasteiger partial charge is 0.342 e. The first kappa shape index (κ1) is 21.3. The van der Waals surface area contributed by atoms with Crippen molar-refractivity contribution in [2.45, 2.75) is 47.1 Å². The number of hydrogen-bond donors (Lipinski definition) is 0. The van der Waals surface area contributed by atoms with Gasteiger partial charge < -0.3 is 19.0 Å². The van der Waals surface area contributed by atoms with Crippen LogP contribution in [0.3, 0.4) is 0 Å². The van der Waals surface area contributed by atoms with E-state index < -0.39 is 5.97 Å². The number of aldehydes is 1. The molecule has 23 heavy (non-hydrogen) atoms. The summed E-state index contributed by atoms with van der Waals surface area (Å²) in [6, 6.07) is 0. The van der Waals surface area contributed by atoms with Crippen molar-refractivity contribution in [3.8, 4) is 11.5 Å². The Bertz CT molecular complexity index is 561. The van der Waals surface area contributed by atoms with Crippen molar-refractivity contribution in [2.24, 2.45) is 0 Å². The standard InChI is InChI=1S/C15H18O5.C2H6.H2S.H2/c1-4-7-19-14-10(5-6-16)13(18-3)9(2)11-8-20-15(17)12(11)14;1-2;;/h6H,4-5,7-8H2,1-3H3;1-2H3;1H2;1H. The molecule has 1 aromatic carbocycles. The van der Waals surface area contributed by atoms with Crippen molar-refractivity contribution in [2.75, 3.05) is 13.7 Å². The zero-order valence-electron chi connectivity index (χ0n) is 14.4. The van der Waals surface area contributed by atoms with Gasteiger partial charge in [-0.05, 0) is 18.9 Å². The van der Waals surface area contributed by atoms with Gasteiger partial charge in [0.25, 0.3) is 0 Å². The predicted molar refractivity (Wildman–Crippen MR) is 96.2 cm³/mol. The van der Waals surface area contributed by atoms with Crippen LogP contribution in [-0.4, -0.2) is 26.0 Å². The summed E-state index contributed by atoms with van der Waals surface area (Å²) in [5, 5.41) is 0. The summed E-state index contributed by atoms with van der Waals surface area (Å²) in [5.74, 6) is 0.628. The lowest BCUT2D eigenvalue weighted by Crippen LogP contribution is -2.09. The van der Waals surface area contributed by atoms with E-state index in [1.54, 1.807) is 7.11 Å². The zero-order chi connectivity index (χ0) is 16.7. The molecule has 1 aliphatic rings. The number of methoxy groups -OCH3 is 1. The van der Waals surface area contributed by atoms with E-state index in [1.807, 2.05) is 27.7 Å². The van der Waals surface area contributed by atoms with Crippen LogP contribution in [0.4, 0.5) is 0 Å². The Labute approximate surface area is 146 Å². The van der Waals surface area contributed by atoms with Crippen molar-refractivity contribution < 1.29 is 25.2 Å². The maximum absolute atomic E-state index is 11.9. The van der Waals surface area contributed by atoms with Crippen molar-refractivity contribution in [1.29, 1.82) is 0 Å². The Hall–Kier alpha value is -1.69. The van der Waals surface area contributed by atoms with Gasteiger partial charge in [0.1, 0.15) is 30.0 Å². The first-order valence-corrected chi connectivity index (χ1v) is 7.61. The summed E-state index contributed by atoms with van der Waals surface area (Å²) in [6.45, 7) is 8.53. The minimum Gasteiger partial charge on any atom is -0.496 e. The number of esters is 1. The van der Waals surface area contributed by atoms with Crippen LogP contribution in [0.15, 0.2) is 0 Å². The Morgan fingerprint density at radius 3 is 2.48 bits per heavy atom. The normalized spacial score (nSPS) is 11.4. The van der Waals surface area contributed by atoms with Gasteiger partial charge in [-0.25, -0.2) is 4.79 Å². The predicted octanol–water partition coefficient (Wildman–Crippen LogP) is 3.59. The van der Waals surface area contributed by atoms with Crippen molar-refractivity contribution >= 4 is 25.8 Å². The van der Waals surface area contributed by atoms with E-state index in [0.29, 0.717) is 29.2 Å². The quantitative estimate of drug-likeness (QED) is 0.583. The maximum atomic E-state index is 11.9. The summed E-state index contributed by atoms with van der Waals surface area (Å²) in [5.41, 5.74) is 2.67. The topological polar surface area (TPSA) is 61.8 Å². The van der Waals surface area contributed by atoms with Crippen LogP contribution >= 0.6 is 13.5 Å². The largest absolute Gasteiger partial charge is 0.496 e. The van der Waals surface area contributed by atoms with Crippen LogP contribution in [0.1, 0.15) is 55.7 Å². The van der Waals surface area contributed by atoms with Crippen LogP contribution < -0.4 is 9.47 Å². The van der Waals surface area contributed by atoms with Crippen LogP contribution in [0, 0.1) is 6.92 Å². The molecule has 1 aliphatic heterocycles. The number of hydrogen-bond acceptors (Lipinski definition) is 5. The van der Waals surface area contributed by atoms with Crippen molar-refractivity contribution in [1.82, 2.24) is 0 Å². The Morgan fingerprint density at radius 2 is 1.96 bits per heavy atom. The molecule has 1 aromatic rings. The fourth-order valence-corrected chi connectivity index (χ4v) is 2.46. The van der Waals surface area contributed by atoms with E-state index >= 15 is 0 Å². The lowest BCUT2D eigenvalue weighted by atomic mass is 9.95. The van der Waals surface area contributed by atoms with Crippen molar-refractivity contribution in [3.05, 3.63) is 22.3 Å². The summed E-state index contributed by atoms with van der Waals surface area (Å²) < 4.78 is 16.2. The highest BCUT2D eigenvalue weighted by Crippen LogP contribution is 2.42. The molecule has 0 saturated heterocycles. The Kier molecular flexibility index (Phi) is 9.41. The molecule has 0 unspecified atom stereocenters. The van der Waals surface area contributed by atoms with Crippen LogP contribution in [0.25, 0.3) is 0 Å². The molecule has 6 heteroatoms. The minimum absolute atomic E-state index is 0. The van der Waals surface area contributed by atoms with E-state index in [0.717, 1.165) is 23.8 Å². The SMILES string of the molecule is CC.CCCOc1c(CC=O)c(OC)c(C)c2c1C(=O)OC2.S.[HH]. The van der Waals surface area contributed by atoms with Gasteiger partial charge in [0, 0.05) is 19.0 Å². The van der Waals surface area contributed by atoms with Gasteiger partial charge in [0.15, 0.2) is 0 Å². The van der Waals surface area contributed by atoms with Gasteiger partial charge in [0.05, 0.1) is 13.7 Å². The second-order valence-corrected chi connectivity index (χ2v) is 4.61. The fourth-order valence-electron chi connectivity index (χ4n) is 2.46. The Morgan fingerprint density at radius 1 is 1.30 bits per heavy atom. The van der Waals surface area contributed by atoms with Gasteiger partial charge >= 0.3 is 5.97 Å². The number of benzene rings is 1. The van der Waals surface area contributed by atoms with E-state index in [-0.39, 0.29) is 28.0 Å². The average molecular weight is 344 g/mol. The lowest BCUT2D eigenvalue weighted by molar-refractivity contribution is -0.107. The first-order chi connectivity index (χ1) is 10.7. The van der Waals surface area contributed by atoms with Gasteiger partial charge in [-0.3, -0.25) is 0 Å². The highest BCUT2D eigenvalue weighted by atomic mass is 32.1. The summed E-state index contributed by atoms with van der Waals surface area (Å²) in [7, 11) is 1.55. The molecule has 0 bridgehead atoms. The van der Waals surface area contributed by atoms with Crippen LogP contribution in [-0.2, 0) is 22.6 Å². The zero-order valence-corrected chi connectivity index (χ0v) is 15.4. The van der Waals surface area contributed by atoms with Gasteiger partial charge in [-0.2, -0.15) is 13.5 Å². The summed E-state index contributed by atoms with van der Waals surface area (Å²) in [4.78, 5) is 22.9. The van der Waals surface area contributed by atoms with E-state index in [4.69, 9.17) is 14.2 Å². The maximum Gasteiger partial charge on any atom is 0.342 e. The third-order valence-electron chi connectivity index (χ3n) is 3.36. The minimum atomic E-state index is -0.399. The molecule has 0 fully saturated rings. The molecule has 5 nitrogen and oxygen atoms in total. The van der Waals surface area contributed by atoms with Crippen LogP contribution in [0.2, 0.25) is 0 Å². The number of cyclic esters (lactones) is 1. The van der Waals surface area contributed by atoms with E-state index in [2.05, 4.69) is 0 Å². The molecule has 0 spiro atoms. The highest BCUT2D eigenvalue weighted by molar-refractivity contribution is 7.59. The number of carbonyl (C=O) groups excluding carboxylic acids is 2. The average Bonchev–Trinajstić information content (AvgIpc) is 2.92. The molecular weight excluding hydrogens is 316 g/mol. The van der Waals surface area contributed by atoms with E-state index in [9.17, 15) is 9.59 Å². The summed E-state index contributed by atoms with van der Waals surface area (Å²) >= 11 is 0. The lowest BCUT2D eigenvalue weighted by Gasteiger charge is -2.18. The van der Waals surface area contributed by atoms with Gasteiger partial charge in [-0.15, -0.1) is 0 Å². The molecule has 0 radical (unpaired) electrons. The molecule has 0 amide bonds. The molecule has 0 saturated carbocycles. The number of carbonyl (C=O) groups is 2. The molecule has 0 aromatic heterocycles. The Balaban J connectivity index is 0. The number of ether oxygens (including phenoxy) is 3. The van der Waals surface area contributed by atoms with Gasteiger partial charge in [-0.1, -0.05) is 20.8 Å². The highest BCUT2D eigenvalue weighted by Gasteiger charge is 2.33. The molecule has 0 N–H and O–H groups in total. The van der Waals surface area contributed by atoms with Crippen molar-refractivity contribution in [3.63, 3.8) is 0 Å². The first-order valence-electron chi connectivity index (χ1n) is 7.61. The second-order valence-electron chi connectivity index (χ2n) is 4.61. The monoisotopic (exact) mass is 344 g/mol.